The van der Waals surface area contributed by atoms with Crippen molar-refractivity contribution in [3.8, 4) is 0 Å². The molecule has 0 saturated heterocycles. The fourth-order valence-corrected chi connectivity index (χ4v) is 1.77. The Hall–Kier alpha value is -0.100. The lowest BCUT2D eigenvalue weighted by molar-refractivity contribution is 0.587. The van der Waals surface area contributed by atoms with Crippen molar-refractivity contribution in [2.45, 2.75) is 33.4 Å². The van der Waals surface area contributed by atoms with Crippen LogP contribution in [0, 0.1) is 0 Å². The van der Waals surface area contributed by atoms with Crippen molar-refractivity contribution in [2.24, 2.45) is 0 Å². The van der Waals surface area contributed by atoms with E-state index in [9.17, 15) is 0 Å². The molecule has 0 unspecified atom stereocenters. The Labute approximate surface area is 99.4 Å². The van der Waals surface area contributed by atoms with Gasteiger partial charge in [0, 0.05) is 24.1 Å². The van der Waals surface area contributed by atoms with E-state index in [1.54, 1.807) is 0 Å². The minimum Gasteiger partial charge on any atom is -0.310 e. The van der Waals surface area contributed by atoms with Gasteiger partial charge in [-0.05, 0) is 19.4 Å². The number of nitrogens with zero attached hydrogens (tertiary/aromatic N) is 2. The van der Waals surface area contributed by atoms with Gasteiger partial charge in [-0.25, -0.2) is 0 Å². The predicted molar refractivity (Wildman–Crippen MR) is 67.9 cm³/mol. The van der Waals surface area contributed by atoms with Gasteiger partial charge in [0.1, 0.15) is 0 Å². The molecular formula is C10H18IN3. The molecule has 0 spiro atoms. The number of hydrogen-bond donors (Lipinski definition) is 1. The molecule has 0 radical (unpaired) electrons. The van der Waals surface area contributed by atoms with Crippen LogP contribution in [0.2, 0.25) is 0 Å². The lowest BCUT2D eigenvalue weighted by Gasteiger charge is -2.04. The molecule has 14 heavy (non-hydrogen) atoms. The van der Waals surface area contributed by atoms with Crippen molar-refractivity contribution in [1.29, 1.82) is 0 Å². The Balaban J connectivity index is 2.59. The van der Waals surface area contributed by atoms with Crippen LogP contribution in [0.4, 0.5) is 0 Å². The van der Waals surface area contributed by atoms with Gasteiger partial charge in [0.2, 0.25) is 0 Å². The largest absolute Gasteiger partial charge is 0.310 e. The highest BCUT2D eigenvalue weighted by molar-refractivity contribution is 14.1. The fraction of sp³-hybridized carbons (Fsp3) is 0.700. The molecule has 0 bridgehead atoms. The number of alkyl halides is 1. The highest BCUT2D eigenvalue weighted by atomic mass is 127. The zero-order valence-corrected chi connectivity index (χ0v) is 11.0. The van der Waals surface area contributed by atoms with Gasteiger partial charge in [0.15, 0.2) is 0 Å². The van der Waals surface area contributed by atoms with E-state index >= 15 is 0 Å². The number of aryl methyl sites for hydroxylation is 2. The van der Waals surface area contributed by atoms with E-state index in [1.165, 1.54) is 11.4 Å². The van der Waals surface area contributed by atoms with E-state index in [1.807, 2.05) is 0 Å². The highest BCUT2D eigenvalue weighted by Gasteiger charge is 2.04. The van der Waals surface area contributed by atoms with Crippen molar-refractivity contribution in [1.82, 2.24) is 15.1 Å². The lowest BCUT2D eigenvalue weighted by Crippen LogP contribution is -2.18. The molecule has 1 aromatic heterocycles. The van der Waals surface area contributed by atoms with Crippen LogP contribution in [0.15, 0.2) is 6.07 Å². The summed E-state index contributed by atoms with van der Waals surface area (Å²) in [6.45, 7) is 7.24. The standard InChI is InChI=1S/C10H18IN3/c1-3-9-7-10(8-12-6-5-11)14(4-2)13-9/h7,12H,3-6,8H2,1-2H3. The first kappa shape index (κ1) is 12.0. The molecule has 0 amide bonds. The van der Waals surface area contributed by atoms with E-state index in [0.717, 1.165) is 30.5 Å². The Bertz CT molecular complexity index is 270. The van der Waals surface area contributed by atoms with E-state index < -0.39 is 0 Å². The molecule has 1 rings (SSSR count). The summed E-state index contributed by atoms with van der Waals surface area (Å²) >= 11 is 2.38. The fourth-order valence-electron chi connectivity index (χ4n) is 1.39. The molecule has 4 heteroatoms. The second-order valence-corrected chi connectivity index (χ2v) is 4.24. The highest BCUT2D eigenvalue weighted by Crippen LogP contribution is 2.05. The van der Waals surface area contributed by atoms with Crippen LogP contribution >= 0.6 is 22.6 Å². The van der Waals surface area contributed by atoms with E-state index in [2.05, 4.69) is 57.6 Å². The smallest absolute Gasteiger partial charge is 0.0625 e. The number of rotatable bonds is 6. The van der Waals surface area contributed by atoms with Gasteiger partial charge in [-0.2, -0.15) is 5.10 Å². The molecule has 0 aliphatic carbocycles. The van der Waals surface area contributed by atoms with Crippen LogP contribution in [0.5, 0.6) is 0 Å². The average molecular weight is 307 g/mol. The maximum atomic E-state index is 4.50. The first-order valence-electron chi connectivity index (χ1n) is 5.14. The first-order valence-corrected chi connectivity index (χ1v) is 6.66. The monoisotopic (exact) mass is 307 g/mol. The van der Waals surface area contributed by atoms with Crippen LogP contribution in [0.25, 0.3) is 0 Å². The quantitative estimate of drug-likeness (QED) is 0.495. The average Bonchev–Trinajstić information content (AvgIpc) is 2.61. The molecule has 80 valence electrons. The molecule has 0 aromatic carbocycles. The zero-order valence-electron chi connectivity index (χ0n) is 8.89. The van der Waals surface area contributed by atoms with Gasteiger partial charge in [-0.1, -0.05) is 29.5 Å². The van der Waals surface area contributed by atoms with Crippen LogP contribution in [0.3, 0.4) is 0 Å². The van der Waals surface area contributed by atoms with Gasteiger partial charge in [-0.3, -0.25) is 4.68 Å². The van der Waals surface area contributed by atoms with E-state index in [-0.39, 0.29) is 0 Å². The summed E-state index contributed by atoms with van der Waals surface area (Å²) in [6.07, 6.45) is 1.02. The summed E-state index contributed by atoms with van der Waals surface area (Å²) in [5, 5.41) is 7.90. The predicted octanol–water partition coefficient (Wildman–Crippen LogP) is 1.99. The summed E-state index contributed by atoms with van der Waals surface area (Å²) in [7, 11) is 0. The van der Waals surface area contributed by atoms with Gasteiger partial charge in [0.05, 0.1) is 11.4 Å². The topological polar surface area (TPSA) is 29.9 Å². The van der Waals surface area contributed by atoms with Gasteiger partial charge >= 0.3 is 0 Å². The Morgan fingerprint density at radius 1 is 1.50 bits per heavy atom. The third-order valence-corrected chi connectivity index (χ3v) is 2.69. The third-order valence-electron chi connectivity index (χ3n) is 2.15. The van der Waals surface area contributed by atoms with Crippen molar-refractivity contribution in [2.75, 3.05) is 11.0 Å². The number of nitrogens with one attached hydrogen (secondary N) is 1. The Kier molecular flexibility index (Phi) is 5.47. The third kappa shape index (κ3) is 3.24. The summed E-state index contributed by atoms with van der Waals surface area (Å²) in [6, 6.07) is 2.20. The maximum Gasteiger partial charge on any atom is 0.0625 e. The van der Waals surface area contributed by atoms with Crippen LogP contribution < -0.4 is 5.32 Å². The number of halogens is 1. The van der Waals surface area contributed by atoms with Gasteiger partial charge in [-0.15, -0.1) is 0 Å². The SMILES string of the molecule is CCc1cc(CNCCI)n(CC)n1. The summed E-state index contributed by atoms with van der Waals surface area (Å²) in [5.74, 6) is 0. The Morgan fingerprint density at radius 3 is 2.86 bits per heavy atom. The molecule has 1 N–H and O–H groups in total. The minimum absolute atomic E-state index is 0.934. The molecule has 0 saturated carbocycles. The summed E-state index contributed by atoms with van der Waals surface area (Å²) in [5.41, 5.74) is 2.49. The van der Waals surface area contributed by atoms with Gasteiger partial charge in [0.25, 0.3) is 0 Å². The summed E-state index contributed by atoms with van der Waals surface area (Å²) < 4.78 is 3.23. The second-order valence-electron chi connectivity index (χ2n) is 3.16. The molecular weight excluding hydrogens is 289 g/mol. The van der Waals surface area contributed by atoms with Crippen molar-refractivity contribution in [3.63, 3.8) is 0 Å². The molecule has 1 heterocycles. The van der Waals surface area contributed by atoms with Crippen LogP contribution in [-0.2, 0) is 19.5 Å². The van der Waals surface area contributed by atoms with Crippen molar-refractivity contribution in [3.05, 3.63) is 17.5 Å². The maximum absolute atomic E-state index is 4.50. The minimum atomic E-state index is 0.934. The molecule has 0 fully saturated rings. The zero-order chi connectivity index (χ0) is 10.4. The lowest BCUT2D eigenvalue weighted by atomic mass is 10.3. The first-order chi connectivity index (χ1) is 6.81. The molecule has 0 aliphatic rings. The molecule has 0 aliphatic heterocycles. The van der Waals surface area contributed by atoms with E-state index in [4.69, 9.17) is 0 Å². The van der Waals surface area contributed by atoms with Gasteiger partial charge < -0.3 is 5.32 Å². The number of aromatic nitrogens is 2. The summed E-state index contributed by atoms with van der Waals surface area (Å²) in [4.78, 5) is 0. The van der Waals surface area contributed by atoms with Crippen molar-refractivity contribution >= 4 is 22.6 Å². The van der Waals surface area contributed by atoms with E-state index in [0.29, 0.717) is 0 Å². The normalized spacial score (nSPS) is 10.8. The molecule has 1 aromatic rings. The molecule has 3 nitrogen and oxygen atoms in total. The van der Waals surface area contributed by atoms with Crippen LogP contribution in [-0.4, -0.2) is 20.8 Å². The second kappa shape index (κ2) is 6.40. The molecule has 0 atom stereocenters. The number of hydrogen-bond acceptors (Lipinski definition) is 2. The van der Waals surface area contributed by atoms with Crippen LogP contribution in [0.1, 0.15) is 25.2 Å². The Morgan fingerprint density at radius 2 is 2.29 bits per heavy atom. The van der Waals surface area contributed by atoms with Crippen molar-refractivity contribution < 1.29 is 0 Å².